The number of benzene rings is 1. The Balaban J connectivity index is 3.74. The maximum Gasteiger partial charge on any atom is 0.416 e. The largest absolute Gasteiger partial charge is 0.416 e. The summed E-state index contributed by atoms with van der Waals surface area (Å²) in [5, 5.41) is 22.3. The summed E-state index contributed by atoms with van der Waals surface area (Å²) in [4.78, 5) is 32.5. The third kappa shape index (κ3) is 4.40. The molecule has 0 heterocycles. The monoisotopic (exact) mass is 349 g/mol. The molecule has 0 bridgehead atoms. The molecule has 8 nitrogen and oxygen atoms in total. The van der Waals surface area contributed by atoms with Crippen molar-refractivity contribution in [2.45, 2.75) is 26.4 Å². The van der Waals surface area contributed by atoms with Crippen molar-refractivity contribution in [2.24, 2.45) is 0 Å². The first-order valence-corrected chi connectivity index (χ1v) is 6.77. The molecule has 0 radical (unpaired) electrons. The standard InChI is InChI=1S/C13H14F3N3O5/c1-3-4-17(7-8(2)20)12-10(18(21)22)5-9(13(14,15)16)6-11(12)19(23)24/h5-6H,3-4,7H2,1-2H3. The number of Topliss-reactive ketones (excluding diaryl/α,β-unsaturated/α-hetero) is 1. The SMILES string of the molecule is CCCN(CC(C)=O)c1c([N+](=O)[O-])cc(C(F)(F)F)cc1[N+](=O)[O-]. The summed E-state index contributed by atoms with van der Waals surface area (Å²) in [7, 11) is 0. The molecule has 0 aromatic heterocycles. The van der Waals surface area contributed by atoms with Crippen LogP contribution in [-0.2, 0) is 11.0 Å². The summed E-state index contributed by atoms with van der Waals surface area (Å²) in [6, 6.07) is 0.482. The van der Waals surface area contributed by atoms with Gasteiger partial charge in [0.1, 0.15) is 5.78 Å². The lowest BCUT2D eigenvalue weighted by molar-refractivity contribution is -0.393. The molecule has 0 atom stereocenters. The summed E-state index contributed by atoms with van der Waals surface area (Å²) < 4.78 is 38.6. The van der Waals surface area contributed by atoms with E-state index in [1.54, 1.807) is 6.92 Å². The van der Waals surface area contributed by atoms with Gasteiger partial charge in [0.2, 0.25) is 0 Å². The van der Waals surface area contributed by atoms with Gasteiger partial charge in [0, 0.05) is 18.7 Å². The van der Waals surface area contributed by atoms with E-state index in [2.05, 4.69) is 0 Å². The predicted octanol–water partition coefficient (Wildman–Crippen LogP) is 3.33. The molecule has 0 saturated carbocycles. The van der Waals surface area contributed by atoms with Gasteiger partial charge in [-0.15, -0.1) is 0 Å². The van der Waals surface area contributed by atoms with Crippen LogP contribution < -0.4 is 4.90 Å². The van der Waals surface area contributed by atoms with Crippen LogP contribution in [0.3, 0.4) is 0 Å². The highest BCUT2D eigenvalue weighted by molar-refractivity contribution is 5.85. The molecular weight excluding hydrogens is 335 g/mol. The van der Waals surface area contributed by atoms with E-state index in [1.165, 1.54) is 6.92 Å². The van der Waals surface area contributed by atoms with Gasteiger partial charge in [0.15, 0.2) is 5.69 Å². The Hall–Kier alpha value is -2.72. The van der Waals surface area contributed by atoms with Crippen LogP contribution in [0.4, 0.5) is 30.2 Å². The van der Waals surface area contributed by atoms with Gasteiger partial charge in [-0.2, -0.15) is 13.2 Å². The number of nitrogens with zero attached hydrogens (tertiary/aromatic N) is 3. The van der Waals surface area contributed by atoms with E-state index in [-0.39, 0.29) is 25.2 Å². The summed E-state index contributed by atoms with van der Waals surface area (Å²) in [5.74, 6) is -0.438. The lowest BCUT2D eigenvalue weighted by Crippen LogP contribution is -2.31. The minimum absolute atomic E-state index is 0.0343. The molecule has 0 spiro atoms. The Bertz CT molecular complexity index is 640. The highest BCUT2D eigenvalue weighted by Gasteiger charge is 2.39. The van der Waals surface area contributed by atoms with Gasteiger partial charge in [-0.3, -0.25) is 25.0 Å². The number of rotatable bonds is 7. The van der Waals surface area contributed by atoms with E-state index in [4.69, 9.17) is 0 Å². The van der Waals surface area contributed by atoms with Gasteiger partial charge in [-0.25, -0.2) is 0 Å². The van der Waals surface area contributed by atoms with E-state index in [9.17, 15) is 38.2 Å². The fourth-order valence-corrected chi connectivity index (χ4v) is 2.18. The van der Waals surface area contributed by atoms with E-state index in [0.29, 0.717) is 6.42 Å². The van der Waals surface area contributed by atoms with Gasteiger partial charge in [0.05, 0.1) is 22.0 Å². The summed E-state index contributed by atoms with van der Waals surface area (Å²) >= 11 is 0. The van der Waals surface area contributed by atoms with Crippen LogP contribution in [-0.4, -0.2) is 28.7 Å². The van der Waals surface area contributed by atoms with Crippen molar-refractivity contribution in [1.29, 1.82) is 0 Å². The second-order valence-electron chi connectivity index (χ2n) is 5.00. The summed E-state index contributed by atoms with van der Waals surface area (Å²) in [5.41, 5.74) is -4.23. The number of ketones is 1. The molecule has 0 aliphatic heterocycles. The molecule has 0 aliphatic carbocycles. The minimum atomic E-state index is -4.98. The molecule has 0 N–H and O–H groups in total. The van der Waals surface area contributed by atoms with Crippen LogP contribution in [0, 0.1) is 20.2 Å². The average Bonchev–Trinajstić information content (AvgIpc) is 2.43. The first-order chi connectivity index (χ1) is 11.0. The maximum absolute atomic E-state index is 12.9. The van der Waals surface area contributed by atoms with Crippen LogP contribution in [0.5, 0.6) is 0 Å². The Morgan fingerprint density at radius 3 is 1.92 bits per heavy atom. The summed E-state index contributed by atoms with van der Waals surface area (Å²) in [6.45, 7) is 2.48. The van der Waals surface area contributed by atoms with Crippen LogP contribution in [0.2, 0.25) is 0 Å². The zero-order valence-corrected chi connectivity index (χ0v) is 12.8. The minimum Gasteiger partial charge on any atom is -0.353 e. The number of carbonyl (C=O) groups is 1. The smallest absolute Gasteiger partial charge is 0.353 e. The second-order valence-corrected chi connectivity index (χ2v) is 5.00. The Kier molecular flexibility index (Phi) is 5.83. The van der Waals surface area contributed by atoms with Crippen molar-refractivity contribution < 1.29 is 27.8 Å². The quantitative estimate of drug-likeness (QED) is 0.552. The molecule has 0 unspecified atom stereocenters. The van der Waals surface area contributed by atoms with Crippen LogP contribution in [0.15, 0.2) is 12.1 Å². The number of nitro groups is 2. The van der Waals surface area contributed by atoms with Gasteiger partial charge >= 0.3 is 6.18 Å². The number of alkyl halides is 3. The van der Waals surface area contributed by atoms with Crippen molar-refractivity contribution in [3.05, 3.63) is 37.9 Å². The number of nitro benzene ring substituents is 2. The zero-order chi connectivity index (χ0) is 18.7. The molecule has 1 rings (SSSR count). The topological polar surface area (TPSA) is 107 Å². The van der Waals surface area contributed by atoms with Crippen molar-refractivity contribution in [2.75, 3.05) is 18.0 Å². The molecular formula is C13H14F3N3O5. The Labute approximate surface area is 134 Å². The molecule has 24 heavy (non-hydrogen) atoms. The first-order valence-electron chi connectivity index (χ1n) is 6.77. The fourth-order valence-electron chi connectivity index (χ4n) is 2.18. The van der Waals surface area contributed by atoms with Crippen LogP contribution in [0.25, 0.3) is 0 Å². The lowest BCUT2D eigenvalue weighted by Gasteiger charge is -2.23. The van der Waals surface area contributed by atoms with Gasteiger partial charge in [-0.1, -0.05) is 6.92 Å². The predicted molar refractivity (Wildman–Crippen MR) is 77.9 cm³/mol. The van der Waals surface area contributed by atoms with Crippen molar-refractivity contribution in [1.82, 2.24) is 0 Å². The number of halogens is 3. The van der Waals surface area contributed by atoms with Crippen LogP contribution in [0.1, 0.15) is 25.8 Å². The summed E-state index contributed by atoms with van der Waals surface area (Å²) in [6.07, 6.45) is -4.60. The Morgan fingerprint density at radius 2 is 1.62 bits per heavy atom. The third-order valence-corrected chi connectivity index (χ3v) is 3.01. The van der Waals surface area contributed by atoms with Gasteiger partial charge < -0.3 is 4.90 Å². The maximum atomic E-state index is 12.9. The number of anilines is 1. The van der Waals surface area contributed by atoms with Gasteiger partial charge in [0.25, 0.3) is 11.4 Å². The molecule has 11 heteroatoms. The number of carbonyl (C=O) groups excluding carboxylic acids is 1. The lowest BCUT2D eigenvalue weighted by atomic mass is 10.1. The number of hydrogen-bond donors (Lipinski definition) is 0. The van der Waals surface area contributed by atoms with E-state index in [1.807, 2.05) is 0 Å². The molecule has 0 saturated heterocycles. The highest BCUT2D eigenvalue weighted by atomic mass is 19.4. The Morgan fingerprint density at radius 1 is 1.17 bits per heavy atom. The van der Waals surface area contributed by atoms with Crippen LogP contribution >= 0.6 is 0 Å². The van der Waals surface area contributed by atoms with Crippen molar-refractivity contribution in [3.63, 3.8) is 0 Å². The average molecular weight is 349 g/mol. The molecule has 0 fully saturated rings. The second kappa shape index (κ2) is 7.23. The molecule has 132 valence electrons. The zero-order valence-electron chi connectivity index (χ0n) is 12.8. The number of hydrogen-bond acceptors (Lipinski definition) is 6. The normalized spacial score (nSPS) is 11.2. The van der Waals surface area contributed by atoms with E-state index >= 15 is 0 Å². The van der Waals surface area contributed by atoms with E-state index < -0.39 is 44.4 Å². The highest BCUT2D eigenvalue weighted by Crippen LogP contribution is 2.43. The molecule has 1 aromatic carbocycles. The van der Waals surface area contributed by atoms with Crippen molar-refractivity contribution >= 4 is 22.8 Å². The van der Waals surface area contributed by atoms with E-state index in [0.717, 1.165) is 4.90 Å². The third-order valence-electron chi connectivity index (χ3n) is 3.01. The first kappa shape index (κ1) is 19.3. The fraction of sp³-hybridized carbons (Fsp3) is 0.462. The van der Waals surface area contributed by atoms with Crippen molar-refractivity contribution in [3.8, 4) is 0 Å². The molecule has 0 amide bonds. The molecule has 1 aromatic rings. The molecule has 0 aliphatic rings. The van der Waals surface area contributed by atoms with Gasteiger partial charge in [-0.05, 0) is 13.3 Å².